The second kappa shape index (κ2) is 4.46. The highest BCUT2D eigenvalue weighted by atomic mass is 16.3. The number of Topliss-reactive ketones (excluding diaryl/α,β-unsaturated/α-hetero) is 1. The third-order valence-electron chi connectivity index (χ3n) is 10.00. The molecule has 0 aromatic heterocycles. The summed E-state index contributed by atoms with van der Waals surface area (Å²) in [7, 11) is 0. The first-order valence-corrected chi connectivity index (χ1v) is 10.1. The highest BCUT2D eigenvalue weighted by Gasteiger charge is 2.78. The molecule has 0 unspecified atom stereocenters. The van der Waals surface area contributed by atoms with Crippen molar-refractivity contribution in [1.82, 2.24) is 0 Å². The third-order valence-corrected chi connectivity index (χ3v) is 10.00. The maximum Gasteiger partial charge on any atom is 0.133 e. The molecule has 3 heteroatoms. The number of ketones is 1. The zero-order valence-electron chi connectivity index (χ0n) is 15.3. The molecule has 10 atom stereocenters. The topological polar surface area (TPSA) is 57.5 Å². The minimum atomic E-state index is -0.301. The normalized spacial score (nSPS) is 64.0. The van der Waals surface area contributed by atoms with E-state index in [0.717, 1.165) is 25.7 Å². The van der Waals surface area contributed by atoms with Crippen LogP contribution in [0.1, 0.15) is 65.7 Å². The molecule has 0 aromatic carbocycles. The Morgan fingerprint density at radius 3 is 2.50 bits per heavy atom. The average molecular weight is 332 g/mol. The lowest BCUT2D eigenvalue weighted by Gasteiger charge is -2.61. The molecular weight excluding hydrogens is 300 g/mol. The first kappa shape index (κ1) is 15.8. The summed E-state index contributed by atoms with van der Waals surface area (Å²) in [5, 5.41) is 22.4. The smallest absolute Gasteiger partial charge is 0.133 e. The van der Waals surface area contributed by atoms with Crippen LogP contribution in [0.2, 0.25) is 0 Å². The van der Waals surface area contributed by atoms with Crippen LogP contribution < -0.4 is 0 Å². The molecule has 24 heavy (non-hydrogen) atoms. The van der Waals surface area contributed by atoms with Crippen LogP contribution >= 0.6 is 0 Å². The van der Waals surface area contributed by atoms with Gasteiger partial charge in [-0.1, -0.05) is 13.8 Å². The summed E-state index contributed by atoms with van der Waals surface area (Å²) in [4.78, 5) is 12.2. The molecule has 0 aromatic rings. The summed E-state index contributed by atoms with van der Waals surface area (Å²) < 4.78 is 0. The van der Waals surface area contributed by atoms with Crippen LogP contribution in [0.5, 0.6) is 0 Å². The van der Waals surface area contributed by atoms with Crippen LogP contribution in [-0.2, 0) is 4.79 Å². The van der Waals surface area contributed by atoms with Gasteiger partial charge < -0.3 is 10.2 Å². The third kappa shape index (κ3) is 1.52. The van der Waals surface area contributed by atoms with Crippen molar-refractivity contribution in [3.63, 3.8) is 0 Å². The minimum absolute atomic E-state index is 0.0610. The van der Waals surface area contributed by atoms with E-state index in [1.54, 1.807) is 6.92 Å². The molecule has 0 amide bonds. The van der Waals surface area contributed by atoms with E-state index in [1.165, 1.54) is 19.3 Å². The van der Waals surface area contributed by atoms with Crippen molar-refractivity contribution in [2.45, 2.75) is 77.9 Å². The summed E-state index contributed by atoms with van der Waals surface area (Å²) >= 11 is 0. The number of hydrogen-bond acceptors (Lipinski definition) is 3. The fraction of sp³-hybridized carbons (Fsp3) is 0.952. The van der Waals surface area contributed by atoms with E-state index in [1.807, 2.05) is 0 Å². The molecule has 0 radical (unpaired) electrons. The largest absolute Gasteiger partial charge is 0.393 e. The van der Waals surface area contributed by atoms with Gasteiger partial charge in [0.2, 0.25) is 0 Å². The number of aliphatic hydroxyl groups excluding tert-OH is 2. The summed E-state index contributed by atoms with van der Waals surface area (Å²) in [5.74, 6) is 2.34. The highest BCUT2D eigenvalue weighted by Crippen LogP contribution is 2.81. The Morgan fingerprint density at radius 2 is 1.83 bits per heavy atom. The van der Waals surface area contributed by atoms with E-state index in [0.29, 0.717) is 29.5 Å². The van der Waals surface area contributed by atoms with E-state index in [-0.39, 0.29) is 34.4 Å². The van der Waals surface area contributed by atoms with E-state index < -0.39 is 0 Å². The lowest BCUT2D eigenvalue weighted by Crippen LogP contribution is -2.61. The van der Waals surface area contributed by atoms with Gasteiger partial charge in [-0.2, -0.15) is 0 Å². The molecule has 0 heterocycles. The number of rotatable bonds is 1. The van der Waals surface area contributed by atoms with Crippen molar-refractivity contribution in [2.24, 2.45) is 45.8 Å². The average Bonchev–Trinajstić information content (AvgIpc) is 3.02. The van der Waals surface area contributed by atoms with Gasteiger partial charge in [0.1, 0.15) is 5.78 Å². The Labute approximate surface area is 145 Å². The Balaban J connectivity index is 1.56. The van der Waals surface area contributed by atoms with Crippen molar-refractivity contribution in [3.8, 4) is 0 Å². The number of aliphatic hydroxyl groups is 2. The number of hydrogen-bond donors (Lipinski definition) is 2. The van der Waals surface area contributed by atoms with Crippen molar-refractivity contribution >= 4 is 5.78 Å². The maximum absolute atomic E-state index is 12.2. The van der Waals surface area contributed by atoms with Gasteiger partial charge in [0, 0.05) is 11.3 Å². The van der Waals surface area contributed by atoms with Crippen molar-refractivity contribution in [1.29, 1.82) is 0 Å². The second-order valence-electron chi connectivity index (χ2n) is 10.5. The Hall–Kier alpha value is -0.410. The molecule has 1 spiro atoms. The number of carbonyl (C=O) groups is 1. The standard InChI is InChI=1S/C21H32O3/c1-11(22)14-4-5-15-13-8-17(24)21-9-12(21)6-7-20(21,3)18(13)16(23)10-19(14,15)2/h12-18,23-24H,4-10H2,1-3H3/t12-,13-,14+,15-,16+,17+,18+,19+,20+,21-/m0/s1. The summed E-state index contributed by atoms with van der Waals surface area (Å²) in [6.45, 7) is 6.36. The Morgan fingerprint density at radius 1 is 1.08 bits per heavy atom. The van der Waals surface area contributed by atoms with Crippen LogP contribution in [-0.4, -0.2) is 28.2 Å². The van der Waals surface area contributed by atoms with Crippen molar-refractivity contribution in [2.75, 3.05) is 0 Å². The Bertz CT molecular complexity index is 602. The lowest BCUT2D eigenvalue weighted by molar-refractivity contribution is -0.193. The van der Waals surface area contributed by atoms with E-state index in [2.05, 4.69) is 13.8 Å². The number of carbonyl (C=O) groups excluding carboxylic acids is 1. The predicted molar refractivity (Wildman–Crippen MR) is 91.1 cm³/mol. The zero-order valence-corrected chi connectivity index (χ0v) is 15.3. The molecule has 5 aliphatic rings. The molecule has 2 N–H and O–H groups in total. The molecular formula is C21H32O3. The molecule has 5 aliphatic carbocycles. The number of fused-ring (bicyclic) bond motifs is 4. The summed E-state index contributed by atoms with van der Waals surface area (Å²) in [5.41, 5.74) is 0.158. The first-order valence-electron chi connectivity index (χ1n) is 10.1. The molecule has 134 valence electrons. The predicted octanol–water partition coefficient (Wildman–Crippen LogP) is 3.18. The fourth-order valence-electron chi connectivity index (χ4n) is 9.10. The van der Waals surface area contributed by atoms with Crippen LogP contribution in [0.3, 0.4) is 0 Å². The van der Waals surface area contributed by atoms with Gasteiger partial charge in [-0.05, 0) is 86.4 Å². The first-order chi connectivity index (χ1) is 11.3. The minimum Gasteiger partial charge on any atom is -0.393 e. The second-order valence-corrected chi connectivity index (χ2v) is 10.5. The fourth-order valence-corrected chi connectivity index (χ4v) is 9.10. The molecule has 0 bridgehead atoms. The molecule has 0 aliphatic heterocycles. The molecule has 5 rings (SSSR count). The zero-order chi connectivity index (χ0) is 17.1. The maximum atomic E-state index is 12.2. The van der Waals surface area contributed by atoms with Crippen LogP contribution in [0, 0.1) is 45.8 Å². The molecule has 3 nitrogen and oxygen atoms in total. The van der Waals surface area contributed by atoms with Crippen molar-refractivity contribution in [3.05, 3.63) is 0 Å². The van der Waals surface area contributed by atoms with E-state index >= 15 is 0 Å². The van der Waals surface area contributed by atoms with E-state index in [4.69, 9.17) is 0 Å². The molecule has 0 saturated heterocycles. The molecule has 5 saturated carbocycles. The summed E-state index contributed by atoms with van der Waals surface area (Å²) in [6.07, 6.45) is 6.83. The van der Waals surface area contributed by atoms with Gasteiger partial charge in [-0.25, -0.2) is 0 Å². The van der Waals surface area contributed by atoms with Gasteiger partial charge >= 0.3 is 0 Å². The molecule has 5 fully saturated rings. The highest BCUT2D eigenvalue weighted by molar-refractivity contribution is 5.79. The van der Waals surface area contributed by atoms with Gasteiger partial charge in [0.25, 0.3) is 0 Å². The van der Waals surface area contributed by atoms with Gasteiger partial charge in [-0.15, -0.1) is 0 Å². The Kier molecular flexibility index (Phi) is 2.94. The van der Waals surface area contributed by atoms with Gasteiger partial charge in [0.05, 0.1) is 12.2 Å². The van der Waals surface area contributed by atoms with Crippen LogP contribution in [0.4, 0.5) is 0 Å². The quantitative estimate of drug-likeness (QED) is 0.775. The van der Waals surface area contributed by atoms with E-state index in [9.17, 15) is 15.0 Å². The van der Waals surface area contributed by atoms with Crippen LogP contribution in [0.15, 0.2) is 0 Å². The monoisotopic (exact) mass is 332 g/mol. The van der Waals surface area contributed by atoms with Crippen LogP contribution in [0.25, 0.3) is 0 Å². The summed E-state index contributed by atoms with van der Waals surface area (Å²) in [6, 6.07) is 0. The lowest BCUT2D eigenvalue weighted by atomic mass is 9.44. The van der Waals surface area contributed by atoms with Gasteiger partial charge in [-0.3, -0.25) is 4.79 Å². The van der Waals surface area contributed by atoms with Gasteiger partial charge in [0.15, 0.2) is 0 Å². The SMILES string of the molecule is CC(=O)[C@H]1CC[C@H]2[C@@H]3C[C@@H](O)[C@]45C[C@@H]4CC[C@]5(C)[C@H]3[C@H](O)C[C@]12C. The van der Waals surface area contributed by atoms with Crippen molar-refractivity contribution < 1.29 is 15.0 Å².